The van der Waals surface area contributed by atoms with E-state index in [4.69, 9.17) is 29.1 Å². The third kappa shape index (κ3) is 3.18. The van der Waals surface area contributed by atoms with Crippen molar-refractivity contribution < 1.29 is 4.79 Å². The van der Waals surface area contributed by atoms with Crippen molar-refractivity contribution in [3.63, 3.8) is 0 Å². The molecule has 0 radical (unpaired) electrons. The van der Waals surface area contributed by atoms with Gasteiger partial charge in [0.25, 0.3) is 5.91 Å². The number of aromatic nitrogens is 2. The highest BCUT2D eigenvalue weighted by Gasteiger charge is 2.14. The molecule has 0 saturated heterocycles. The van der Waals surface area contributed by atoms with E-state index in [-0.39, 0.29) is 15.8 Å². The molecule has 1 heterocycles. The SMILES string of the molecule is Cc1[nH]c(=O)[nH]c(=S)c1C(=O)Nc1ccc(Cl)cc1C#N. The number of nitriles is 1. The number of benzene rings is 1. The summed E-state index contributed by atoms with van der Waals surface area (Å²) in [6.07, 6.45) is 0. The monoisotopic (exact) mass is 320 g/mol. The minimum absolute atomic E-state index is 0.0289. The van der Waals surface area contributed by atoms with Gasteiger partial charge in [-0.25, -0.2) is 4.79 Å². The molecule has 1 aromatic heterocycles. The number of nitrogens with zero attached hydrogens (tertiary/aromatic N) is 1. The van der Waals surface area contributed by atoms with Crippen LogP contribution < -0.4 is 11.0 Å². The fourth-order valence-electron chi connectivity index (χ4n) is 1.78. The van der Waals surface area contributed by atoms with Crippen LogP contribution in [0.5, 0.6) is 0 Å². The molecule has 0 aliphatic carbocycles. The molecule has 2 rings (SSSR count). The van der Waals surface area contributed by atoms with Crippen molar-refractivity contribution in [2.24, 2.45) is 0 Å². The molecule has 2 aromatic rings. The van der Waals surface area contributed by atoms with Gasteiger partial charge in [-0.2, -0.15) is 5.26 Å². The molecule has 1 aromatic carbocycles. The number of carbonyl (C=O) groups excluding carboxylic acids is 1. The number of hydrogen-bond acceptors (Lipinski definition) is 4. The molecule has 8 heteroatoms. The van der Waals surface area contributed by atoms with Crippen LogP contribution in [-0.4, -0.2) is 15.9 Å². The summed E-state index contributed by atoms with van der Waals surface area (Å²) in [5.74, 6) is -0.524. The Kier molecular flexibility index (Phi) is 4.21. The van der Waals surface area contributed by atoms with Crippen molar-refractivity contribution >= 4 is 35.4 Å². The largest absolute Gasteiger partial charge is 0.324 e. The van der Waals surface area contributed by atoms with Gasteiger partial charge < -0.3 is 10.3 Å². The molecular formula is C13H9ClN4O2S. The first-order valence-electron chi connectivity index (χ1n) is 5.76. The van der Waals surface area contributed by atoms with E-state index >= 15 is 0 Å². The second kappa shape index (κ2) is 5.91. The molecule has 0 atom stereocenters. The molecule has 0 bridgehead atoms. The van der Waals surface area contributed by atoms with Gasteiger partial charge in [0, 0.05) is 10.7 Å². The van der Waals surface area contributed by atoms with Crippen molar-refractivity contribution in [2.75, 3.05) is 5.32 Å². The van der Waals surface area contributed by atoms with E-state index in [0.717, 1.165) is 0 Å². The zero-order valence-corrected chi connectivity index (χ0v) is 12.4. The summed E-state index contributed by atoms with van der Waals surface area (Å²) < 4.78 is 0.0289. The van der Waals surface area contributed by atoms with Gasteiger partial charge in [0.1, 0.15) is 10.7 Å². The summed E-state index contributed by atoms with van der Waals surface area (Å²) in [7, 11) is 0. The summed E-state index contributed by atoms with van der Waals surface area (Å²) in [6.45, 7) is 1.56. The van der Waals surface area contributed by atoms with Crippen LogP contribution in [0.15, 0.2) is 23.0 Å². The van der Waals surface area contributed by atoms with E-state index in [9.17, 15) is 9.59 Å². The number of halogens is 1. The first-order valence-corrected chi connectivity index (χ1v) is 6.55. The summed E-state index contributed by atoms with van der Waals surface area (Å²) in [6, 6.07) is 6.46. The zero-order chi connectivity index (χ0) is 15.6. The van der Waals surface area contributed by atoms with Gasteiger partial charge in [-0.3, -0.25) is 9.78 Å². The number of amides is 1. The van der Waals surface area contributed by atoms with Crippen LogP contribution in [0.3, 0.4) is 0 Å². The minimum Gasteiger partial charge on any atom is -0.321 e. The van der Waals surface area contributed by atoms with Crippen molar-refractivity contribution in [3.05, 3.63) is 55.2 Å². The average molecular weight is 321 g/mol. The molecular weight excluding hydrogens is 312 g/mol. The molecule has 0 fully saturated rings. The lowest BCUT2D eigenvalue weighted by atomic mass is 10.1. The van der Waals surface area contributed by atoms with E-state index in [1.54, 1.807) is 13.0 Å². The first-order chi connectivity index (χ1) is 9.92. The maximum absolute atomic E-state index is 12.3. The topological polar surface area (TPSA) is 102 Å². The Bertz CT molecular complexity index is 879. The molecule has 0 aliphatic rings. The number of nitrogens with one attached hydrogen (secondary N) is 3. The molecule has 106 valence electrons. The second-order valence-corrected chi connectivity index (χ2v) is 5.01. The predicted molar refractivity (Wildman–Crippen MR) is 81.1 cm³/mol. The Morgan fingerprint density at radius 1 is 1.43 bits per heavy atom. The van der Waals surface area contributed by atoms with E-state index in [0.29, 0.717) is 16.4 Å². The first kappa shape index (κ1) is 15.0. The molecule has 0 aliphatic heterocycles. The van der Waals surface area contributed by atoms with Crippen LogP contribution in [-0.2, 0) is 0 Å². The maximum atomic E-state index is 12.3. The van der Waals surface area contributed by atoms with Crippen LogP contribution in [0.25, 0.3) is 0 Å². The molecule has 1 amide bonds. The normalized spacial score (nSPS) is 9.95. The van der Waals surface area contributed by atoms with E-state index in [1.165, 1.54) is 12.1 Å². The Morgan fingerprint density at radius 3 is 2.76 bits per heavy atom. The minimum atomic E-state index is -0.524. The Morgan fingerprint density at radius 2 is 2.14 bits per heavy atom. The van der Waals surface area contributed by atoms with Gasteiger partial charge in [-0.1, -0.05) is 23.8 Å². The summed E-state index contributed by atoms with van der Waals surface area (Å²) in [4.78, 5) is 28.3. The number of carbonyl (C=O) groups is 1. The third-order valence-electron chi connectivity index (χ3n) is 2.71. The van der Waals surface area contributed by atoms with Crippen LogP contribution in [0.2, 0.25) is 5.02 Å². The molecule has 0 saturated carbocycles. The van der Waals surface area contributed by atoms with Gasteiger partial charge >= 0.3 is 5.69 Å². The molecule has 0 spiro atoms. The molecule has 0 unspecified atom stereocenters. The highest BCUT2D eigenvalue weighted by molar-refractivity contribution is 7.71. The van der Waals surface area contributed by atoms with Gasteiger partial charge in [0.15, 0.2) is 0 Å². The summed E-state index contributed by atoms with van der Waals surface area (Å²) in [5.41, 5.74) is 0.537. The number of rotatable bonds is 2. The second-order valence-electron chi connectivity index (χ2n) is 4.16. The summed E-state index contributed by atoms with van der Waals surface area (Å²) >= 11 is 10.8. The quantitative estimate of drug-likeness (QED) is 0.740. The Balaban J connectivity index is 2.43. The van der Waals surface area contributed by atoms with Crippen molar-refractivity contribution in [1.82, 2.24) is 9.97 Å². The highest BCUT2D eigenvalue weighted by atomic mass is 35.5. The number of anilines is 1. The van der Waals surface area contributed by atoms with Crippen LogP contribution in [0, 0.1) is 22.9 Å². The Hall–Kier alpha value is -2.43. The summed E-state index contributed by atoms with van der Waals surface area (Å²) in [5, 5.41) is 12.0. The van der Waals surface area contributed by atoms with Gasteiger partial charge in [-0.05, 0) is 25.1 Å². The Labute approximate surface area is 129 Å². The lowest BCUT2D eigenvalue weighted by Crippen LogP contribution is -2.21. The standard InChI is InChI=1S/C13H9ClN4O2S/c1-6-10(12(21)18-13(20)16-6)11(19)17-9-3-2-8(14)4-7(9)5-15/h2-4H,1H3,(H,17,19)(H2,16,18,20,21). The van der Waals surface area contributed by atoms with E-state index in [2.05, 4.69) is 15.3 Å². The van der Waals surface area contributed by atoms with Gasteiger partial charge in [-0.15, -0.1) is 0 Å². The number of aryl methyl sites for hydroxylation is 1. The van der Waals surface area contributed by atoms with Crippen molar-refractivity contribution in [1.29, 1.82) is 5.26 Å². The van der Waals surface area contributed by atoms with Crippen LogP contribution in [0.4, 0.5) is 5.69 Å². The average Bonchev–Trinajstić information content (AvgIpc) is 2.39. The smallest absolute Gasteiger partial charge is 0.321 e. The lowest BCUT2D eigenvalue weighted by molar-refractivity contribution is 0.102. The van der Waals surface area contributed by atoms with Crippen molar-refractivity contribution in [2.45, 2.75) is 6.92 Å². The molecule has 6 nitrogen and oxygen atoms in total. The molecule has 3 N–H and O–H groups in total. The fraction of sp³-hybridized carbons (Fsp3) is 0.0769. The number of H-pyrrole nitrogens is 2. The third-order valence-corrected chi connectivity index (χ3v) is 3.25. The van der Waals surface area contributed by atoms with E-state index in [1.807, 2.05) is 6.07 Å². The molecule has 21 heavy (non-hydrogen) atoms. The van der Waals surface area contributed by atoms with Gasteiger partial charge in [0.05, 0.1) is 16.8 Å². The fourth-order valence-corrected chi connectivity index (χ4v) is 2.29. The van der Waals surface area contributed by atoms with Gasteiger partial charge in [0.2, 0.25) is 0 Å². The lowest BCUT2D eigenvalue weighted by Gasteiger charge is -2.09. The predicted octanol–water partition coefficient (Wildman–Crippen LogP) is 2.52. The van der Waals surface area contributed by atoms with Crippen LogP contribution >= 0.6 is 23.8 Å². The van der Waals surface area contributed by atoms with Crippen LogP contribution in [0.1, 0.15) is 21.6 Å². The van der Waals surface area contributed by atoms with E-state index < -0.39 is 11.6 Å². The number of hydrogen-bond donors (Lipinski definition) is 3. The number of aromatic amines is 2. The highest BCUT2D eigenvalue weighted by Crippen LogP contribution is 2.20. The maximum Gasteiger partial charge on any atom is 0.324 e. The zero-order valence-electron chi connectivity index (χ0n) is 10.8. The van der Waals surface area contributed by atoms with Crippen molar-refractivity contribution in [3.8, 4) is 6.07 Å².